The van der Waals surface area contributed by atoms with E-state index >= 15 is 0 Å². The molecule has 8 heteroatoms. The van der Waals surface area contributed by atoms with Gasteiger partial charge in [-0.1, -0.05) is 54.0 Å². The van der Waals surface area contributed by atoms with Crippen LogP contribution in [-0.4, -0.2) is 52.1 Å². The first-order valence-electron chi connectivity index (χ1n) is 16.8. The highest BCUT2D eigenvalue weighted by atomic mass is 16.5. The summed E-state index contributed by atoms with van der Waals surface area (Å²) in [5.74, 6) is -1.49. The molecule has 11 atom stereocenters. The lowest BCUT2D eigenvalue weighted by atomic mass is 9.33. The number of carbonyl (C=O) groups is 4. The molecule has 0 aromatic heterocycles. The Bertz CT molecular complexity index is 1290. The Morgan fingerprint density at radius 1 is 0.955 bits per heavy atom. The van der Waals surface area contributed by atoms with Crippen molar-refractivity contribution in [3.63, 3.8) is 0 Å². The zero-order chi connectivity index (χ0) is 32.8. The molecule has 0 heterocycles. The molecule has 0 aliphatic heterocycles. The summed E-state index contributed by atoms with van der Waals surface area (Å²) in [4.78, 5) is 52.0. The van der Waals surface area contributed by atoms with E-state index in [0.717, 1.165) is 44.9 Å². The highest BCUT2D eigenvalue weighted by Gasteiger charge is 2.70. The average Bonchev–Trinajstić information content (AvgIpc) is 2.90. The van der Waals surface area contributed by atoms with E-state index in [2.05, 4.69) is 46.9 Å². The highest BCUT2D eigenvalue weighted by Crippen LogP contribution is 2.75. The molecule has 2 unspecified atom stereocenters. The van der Waals surface area contributed by atoms with Crippen LogP contribution in [0.25, 0.3) is 0 Å². The number of aliphatic carboxylic acids is 1. The van der Waals surface area contributed by atoms with Gasteiger partial charge in [0.25, 0.3) is 0 Å². The Balaban J connectivity index is 1.51. The minimum absolute atomic E-state index is 0.0315. The van der Waals surface area contributed by atoms with E-state index in [9.17, 15) is 29.4 Å². The Hall–Kier alpha value is -2.22. The van der Waals surface area contributed by atoms with Crippen molar-refractivity contribution in [3.05, 3.63) is 11.6 Å². The summed E-state index contributed by atoms with van der Waals surface area (Å²) in [6.45, 7) is 18.6. The quantitative estimate of drug-likeness (QED) is 0.332. The van der Waals surface area contributed by atoms with Gasteiger partial charge in [-0.05, 0) is 104 Å². The molecule has 4 saturated carbocycles. The Labute approximate surface area is 263 Å². The SMILES string of the molecule is CC(=O)O[C@H]1CC[C@]2(C)[C@H]3C(=O)C=C4[C@@H]5C[C@@](C)(C(=O)NC(C(=O)O)C(C)O)CC[C@]5(C)CC[C@@]4(C)[C@]3(C)CC[C@H]2C1(C)C. The average molecular weight is 614 g/mol. The van der Waals surface area contributed by atoms with E-state index in [0.29, 0.717) is 12.8 Å². The van der Waals surface area contributed by atoms with Crippen LogP contribution in [0.4, 0.5) is 0 Å². The number of ketones is 1. The number of carbonyl (C=O) groups excluding carboxylic acids is 3. The molecule has 0 saturated heterocycles. The second-order valence-corrected chi connectivity index (χ2v) is 17.2. The number of fused-ring (bicyclic) bond motifs is 7. The van der Waals surface area contributed by atoms with E-state index in [-0.39, 0.29) is 68.6 Å². The van der Waals surface area contributed by atoms with Crippen LogP contribution in [0.1, 0.15) is 120 Å². The largest absolute Gasteiger partial charge is 0.480 e. The molecular weight excluding hydrogens is 558 g/mol. The fourth-order valence-corrected chi connectivity index (χ4v) is 11.5. The number of esters is 1. The van der Waals surface area contributed by atoms with Gasteiger partial charge in [0.15, 0.2) is 11.8 Å². The summed E-state index contributed by atoms with van der Waals surface area (Å²) in [6.07, 6.45) is 8.13. The predicted molar refractivity (Wildman–Crippen MR) is 166 cm³/mol. The minimum atomic E-state index is -1.37. The second-order valence-electron chi connectivity index (χ2n) is 17.2. The molecule has 0 radical (unpaired) electrons. The number of aliphatic hydroxyl groups excluding tert-OH is 1. The summed E-state index contributed by atoms with van der Waals surface area (Å²) < 4.78 is 5.84. The van der Waals surface area contributed by atoms with Crippen molar-refractivity contribution in [3.8, 4) is 0 Å². The molecular formula is C36H55NO7. The van der Waals surface area contributed by atoms with Gasteiger partial charge in [0.05, 0.1) is 6.10 Å². The summed E-state index contributed by atoms with van der Waals surface area (Å²) in [5, 5.41) is 22.3. The van der Waals surface area contributed by atoms with Crippen molar-refractivity contribution in [2.75, 3.05) is 0 Å². The van der Waals surface area contributed by atoms with Gasteiger partial charge in [0.2, 0.25) is 5.91 Å². The van der Waals surface area contributed by atoms with Gasteiger partial charge >= 0.3 is 11.9 Å². The van der Waals surface area contributed by atoms with Crippen LogP contribution in [0.3, 0.4) is 0 Å². The van der Waals surface area contributed by atoms with Gasteiger partial charge in [-0.15, -0.1) is 0 Å². The molecule has 0 aromatic carbocycles. The molecule has 44 heavy (non-hydrogen) atoms. The van der Waals surface area contributed by atoms with Crippen molar-refractivity contribution in [2.24, 2.45) is 50.2 Å². The van der Waals surface area contributed by atoms with Gasteiger partial charge < -0.3 is 20.3 Å². The molecule has 1 amide bonds. The molecule has 0 bridgehead atoms. The first-order valence-corrected chi connectivity index (χ1v) is 16.8. The molecule has 4 fully saturated rings. The summed E-state index contributed by atoms with van der Waals surface area (Å²) >= 11 is 0. The van der Waals surface area contributed by atoms with E-state index in [1.807, 2.05) is 13.0 Å². The lowest BCUT2D eigenvalue weighted by Gasteiger charge is -2.70. The molecule has 5 rings (SSSR count). The number of hydrogen-bond acceptors (Lipinski definition) is 6. The number of carboxylic acid groups (broad SMARTS) is 1. The van der Waals surface area contributed by atoms with Gasteiger partial charge in [0.1, 0.15) is 6.10 Å². The van der Waals surface area contributed by atoms with Gasteiger partial charge in [-0.2, -0.15) is 0 Å². The summed E-state index contributed by atoms with van der Waals surface area (Å²) in [6, 6.07) is -1.37. The number of ether oxygens (including phenoxy) is 1. The fourth-order valence-electron chi connectivity index (χ4n) is 11.5. The first-order chi connectivity index (χ1) is 20.2. The standard InChI is InChI=1S/C36H55NO7/c1-20(38)27(29(41)42)37-30(43)33(6)15-14-32(5)16-17-35(8)22(23(32)19-33)18-24(40)28-34(7)12-11-26(44-21(2)39)31(3,4)25(34)10-13-36(28,35)9/h18,20,23,25-28,38H,10-17,19H2,1-9H3,(H,37,43)(H,41,42)/t20?,23-,25-,26-,27?,28+,32+,33-,34-,35+,36+/m0/s1. The number of nitrogens with one attached hydrogen (secondary N) is 1. The molecule has 0 spiro atoms. The maximum Gasteiger partial charge on any atom is 0.328 e. The molecule has 5 aliphatic carbocycles. The summed E-state index contributed by atoms with van der Waals surface area (Å²) in [5.41, 5.74) is -0.584. The van der Waals surface area contributed by atoms with Crippen molar-refractivity contribution in [2.45, 2.75) is 138 Å². The molecule has 246 valence electrons. The molecule has 0 aromatic rings. The van der Waals surface area contributed by atoms with Crippen molar-refractivity contribution >= 4 is 23.6 Å². The highest BCUT2D eigenvalue weighted by molar-refractivity contribution is 5.96. The predicted octanol–water partition coefficient (Wildman–Crippen LogP) is 5.85. The lowest BCUT2D eigenvalue weighted by molar-refractivity contribution is -0.210. The molecule has 8 nitrogen and oxygen atoms in total. The Morgan fingerprint density at radius 2 is 1.59 bits per heavy atom. The summed E-state index contributed by atoms with van der Waals surface area (Å²) in [7, 11) is 0. The third kappa shape index (κ3) is 4.62. The maximum absolute atomic E-state index is 14.6. The number of aliphatic hydroxyl groups is 1. The molecule has 3 N–H and O–H groups in total. The van der Waals surface area contributed by atoms with E-state index in [4.69, 9.17) is 4.74 Å². The number of allylic oxidation sites excluding steroid dienone is 2. The van der Waals surface area contributed by atoms with Crippen molar-refractivity contribution in [1.82, 2.24) is 5.32 Å². The number of hydrogen-bond donors (Lipinski definition) is 3. The second kappa shape index (κ2) is 10.4. The Morgan fingerprint density at radius 3 is 2.18 bits per heavy atom. The van der Waals surface area contributed by atoms with Crippen molar-refractivity contribution < 1.29 is 34.1 Å². The van der Waals surface area contributed by atoms with E-state index < -0.39 is 23.5 Å². The minimum Gasteiger partial charge on any atom is -0.480 e. The van der Waals surface area contributed by atoms with E-state index in [1.165, 1.54) is 19.4 Å². The van der Waals surface area contributed by atoms with Crippen molar-refractivity contribution in [1.29, 1.82) is 0 Å². The van der Waals surface area contributed by atoms with Crippen LogP contribution in [0.5, 0.6) is 0 Å². The normalized spacial score (nSPS) is 45.7. The first kappa shape index (κ1) is 33.2. The van der Waals surface area contributed by atoms with Gasteiger partial charge in [-0.25, -0.2) is 4.79 Å². The van der Waals surface area contributed by atoms with Crippen LogP contribution in [-0.2, 0) is 23.9 Å². The maximum atomic E-state index is 14.6. The number of carboxylic acids is 1. The monoisotopic (exact) mass is 613 g/mol. The van der Waals surface area contributed by atoms with Crippen LogP contribution >= 0.6 is 0 Å². The topological polar surface area (TPSA) is 130 Å². The van der Waals surface area contributed by atoms with Crippen LogP contribution < -0.4 is 5.32 Å². The van der Waals surface area contributed by atoms with E-state index in [1.54, 1.807) is 0 Å². The van der Waals surface area contributed by atoms with Crippen LogP contribution in [0, 0.1) is 50.2 Å². The third-order valence-corrected chi connectivity index (χ3v) is 14.4. The fraction of sp³-hybridized carbons (Fsp3) is 0.833. The van der Waals surface area contributed by atoms with Crippen LogP contribution in [0.15, 0.2) is 11.6 Å². The third-order valence-electron chi connectivity index (χ3n) is 14.4. The Kier molecular flexibility index (Phi) is 7.83. The number of rotatable bonds is 5. The van der Waals surface area contributed by atoms with Gasteiger partial charge in [-0.3, -0.25) is 14.4 Å². The zero-order valence-corrected chi connectivity index (χ0v) is 28.3. The van der Waals surface area contributed by atoms with Crippen LogP contribution in [0.2, 0.25) is 0 Å². The molecule has 5 aliphatic rings. The lowest BCUT2D eigenvalue weighted by Crippen LogP contribution is -2.67. The number of amides is 1. The zero-order valence-electron chi connectivity index (χ0n) is 28.3. The smallest absolute Gasteiger partial charge is 0.328 e. The van der Waals surface area contributed by atoms with Gasteiger partial charge in [0, 0.05) is 23.7 Å².